The molecule has 1 atom stereocenters. The van der Waals surface area contributed by atoms with Crippen molar-refractivity contribution >= 4 is 11.6 Å². The van der Waals surface area contributed by atoms with Gasteiger partial charge in [0.1, 0.15) is 0 Å². The van der Waals surface area contributed by atoms with Crippen LogP contribution in [0, 0.1) is 13.8 Å². The highest BCUT2D eigenvalue weighted by Gasteiger charge is 2.31. The van der Waals surface area contributed by atoms with E-state index in [4.69, 9.17) is 17.3 Å². The van der Waals surface area contributed by atoms with Crippen molar-refractivity contribution in [2.45, 2.75) is 39.2 Å². The van der Waals surface area contributed by atoms with Gasteiger partial charge in [0, 0.05) is 16.5 Å². The van der Waals surface area contributed by atoms with E-state index in [1.54, 1.807) is 0 Å². The number of benzene rings is 2. The van der Waals surface area contributed by atoms with E-state index in [9.17, 15) is 0 Å². The molecule has 2 aromatic carbocycles. The molecule has 106 valence electrons. The van der Waals surface area contributed by atoms with Crippen LogP contribution in [0.1, 0.15) is 42.1 Å². The molecule has 2 aromatic rings. The summed E-state index contributed by atoms with van der Waals surface area (Å²) in [5.74, 6) is 0. The molecule has 0 aliphatic carbocycles. The molecule has 0 bridgehead atoms. The van der Waals surface area contributed by atoms with Gasteiger partial charge in [0.25, 0.3) is 0 Å². The third kappa shape index (κ3) is 2.74. The van der Waals surface area contributed by atoms with Gasteiger partial charge in [-0.05, 0) is 42.2 Å². The van der Waals surface area contributed by atoms with Crippen molar-refractivity contribution in [2.75, 3.05) is 0 Å². The van der Waals surface area contributed by atoms with Crippen LogP contribution < -0.4 is 5.73 Å². The van der Waals surface area contributed by atoms with Crippen LogP contribution in [-0.4, -0.2) is 0 Å². The zero-order valence-electron chi connectivity index (χ0n) is 12.6. The minimum Gasteiger partial charge on any atom is -0.323 e. The first-order valence-corrected chi connectivity index (χ1v) is 7.29. The highest BCUT2D eigenvalue weighted by molar-refractivity contribution is 6.31. The Morgan fingerprint density at radius 3 is 2.15 bits per heavy atom. The van der Waals surface area contributed by atoms with Crippen LogP contribution in [0.5, 0.6) is 0 Å². The molecule has 0 amide bonds. The fourth-order valence-electron chi connectivity index (χ4n) is 2.48. The predicted octanol–water partition coefficient (Wildman–Crippen LogP) is 4.93. The highest BCUT2D eigenvalue weighted by Crippen LogP contribution is 2.38. The first-order valence-electron chi connectivity index (χ1n) is 6.92. The molecule has 0 saturated carbocycles. The summed E-state index contributed by atoms with van der Waals surface area (Å²) in [4.78, 5) is 0. The van der Waals surface area contributed by atoms with Gasteiger partial charge < -0.3 is 5.73 Å². The normalized spacial score (nSPS) is 13.3. The van der Waals surface area contributed by atoms with Gasteiger partial charge in [0.2, 0.25) is 0 Å². The van der Waals surface area contributed by atoms with Crippen LogP contribution in [0.3, 0.4) is 0 Å². The molecule has 0 heterocycles. The summed E-state index contributed by atoms with van der Waals surface area (Å²) in [6.07, 6.45) is 0. The molecule has 1 nitrogen and oxygen atoms in total. The maximum atomic E-state index is 6.54. The average Bonchev–Trinajstić information content (AvgIpc) is 2.43. The fraction of sp³-hybridized carbons (Fsp3) is 0.333. The quantitative estimate of drug-likeness (QED) is 0.850. The van der Waals surface area contributed by atoms with Crippen LogP contribution in [0.4, 0.5) is 0 Å². The van der Waals surface area contributed by atoms with Gasteiger partial charge in [0.15, 0.2) is 0 Å². The molecule has 2 rings (SSSR count). The molecule has 20 heavy (non-hydrogen) atoms. The summed E-state index contributed by atoms with van der Waals surface area (Å²) in [6.45, 7) is 8.49. The summed E-state index contributed by atoms with van der Waals surface area (Å²) < 4.78 is 0. The Morgan fingerprint density at radius 2 is 1.55 bits per heavy atom. The largest absolute Gasteiger partial charge is 0.323 e. The van der Waals surface area contributed by atoms with Gasteiger partial charge >= 0.3 is 0 Å². The van der Waals surface area contributed by atoms with E-state index in [-0.39, 0.29) is 11.5 Å². The van der Waals surface area contributed by atoms with Crippen LogP contribution in [0.2, 0.25) is 5.02 Å². The summed E-state index contributed by atoms with van der Waals surface area (Å²) in [5, 5.41) is 0.754. The molecule has 2 heteroatoms. The molecule has 2 N–H and O–H groups in total. The number of hydrogen-bond donors (Lipinski definition) is 1. The Kier molecular flexibility index (Phi) is 4.22. The number of aryl methyl sites for hydroxylation is 2. The molecule has 0 radical (unpaired) electrons. The van der Waals surface area contributed by atoms with E-state index >= 15 is 0 Å². The second-order valence-corrected chi connectivity index (χ2v) is 6.43. The number of rotatable bonds is 3. The lowest BCUT2D eigenvalue weighted by atomic mass is 9.75. The van der Waals surface area contributed by atoms with Crippen LogP contribution in [-0.2, 0) is 5.41 Å². The van der Waals surface area contributed by atoms with Crippen LogP contribution >= 0.6 is 11.6 Å². The Labute approximate surface area is 126 Å². The van der Waals surface area contributed by atoms with Crippen molar-refractivity contribution in [3.63, 3.8) is 0 Å². The van der Waals surface area contributed by atoms with E-state index < -0.39 is 0 Å². The second-order valence-electron chi connectivity index (χ2n) is 6.02. The van der Waals surface area contributed by atoms with Crippen molar-refractivity contribution in [3.05, 3.63) is 69.7 Å². The lowest BCUT2D eigenvalue weighted by Crippen LogP contribution is -2.33. The first kappa shape index (κ1) is 15.1. The Morgan fingerprint density at radius 1 is 1.00 bits per heavy atom. The van der Waals surface area contributed by atoms with Crippen LogP contribution in [0.15, 0.2) is 42.5 Å². The van der Waals surface area contributed by atoms with Crippen molar-refractivity contribution in [1.29, 1.82) is 0 Å². The molecule has 0 saturated heterocycles. The van der Waals surface area contributed by atoms with E-state index in [2.05, 4.69) is 45.9 Å². The summed E-state index contributed by atoms with van der Waals surface area (Å²) in [6, 6.07) is 14.3. The Bertz CT molecular complexity index is 602. The maximum Gasteiger partial charge on any atom is 0.0456 e. The van der Waals surface area contributed by atoms with Crippen molar-refractivity contribution < 1.29 is 0 Å². The molecule has 0 aromatic heterocycles. The molecule has 0 spiro atoms. The fourth-order valence-corrected chi connectivity index (χ4v) is 2.81. The van der Waals surface area contributed by atoms with E-state index in [1.165, 1.54) is 16.7 Å². The average molecular weight is 288 g/mol. The third-order valence-corrected chi connectivity index (χ3v) is 4.57. The van der Waals surface area contributed by atoms with Gasteiger partial charge in [0.05, 0.1) is 0 Å². The van der Waals surface area contributed by atoms with E-state index in [1.807, 2.05) is 24.3 Å². The van der Waals surface area contributed by atoms with Gasteiger partial charge in [-0.15, -0.1) is 0 Å². The predicted molar refractivity (Wildman–Crippen MR) is 87.3 cm³/mol. The zero-order chi connectivity index (χ0) is 14.9. The third-order valence-electron chi connectivity index (χ3n) is 4.24. The summed E-state index contributed by atoms with van der Waals surface area (Å²) >= 11 is 6.41. The molecular formula is C18H22ClN. The molecule has 1 unspecified atom stereocenters. The Balaban J connectivity index is 2.45. The number of hydrogen-bond acceptors (Lipinski definition) is 1. The summed E-state index contributed by atoms with van der Waals surface area (Å²) in [7, 11) is 0. The molecule has 0 aliphatic heterocycles. The summed E-state index contributed by atoms with van der Waals surface area (Å²) in [5.41, 5.74) is 11.0. The van der Waals surface area contributed by atoms with Gasteiger partial charge in [-0.1, -0.05) is 61.8 Å². The van der Waals surface area contributed by atoms with Crippen molar-refractivity contribution in [1.82, 2.24) is 0 Å². The molecular weight excluding hydrogens is 266 g/mol. The Hall–Kier alpha value is -1.31. The van der Waals surface area contributed by atoms with Crippen molar-refractivity contribution in [2.24, 2.45) is 5.73 Å². The number of halogens is 1. The zero-order valence-corrected chi connectivity index (χ0v) is 13.3. The minimum atomic E-state index is -0.174. The second kappa shape index (κ2) is 5.59. The highest BCUT2D eigenvalue weighted by atomic mass is 35.5. The van der Waals surface area contributed by atoms with Crippen molar-refractivity contribution in [3.8, 4) is 0 Å². The molecule has 0 fully saturated rings. The SMILES string of the molecule is Cc1cc(Cl)c(C(N)C(C)(C)c2ccccc2)cc1C. The standard InChI is InChI=1S/C18H22ClN/c1-12-10-15(16(19)11-13(12)2)17(20)18(3,4)14-8-6-5-7-9-14/h5-11,17H,20H2,1-4H3. The smallest absolute Gasteiger partial charge is 0.0456 e. The minimum absolute atomic E-state index is 0.142. The maximum absolute atomic E-state index is 6.54. The lowest BCUT2D eigenvalue weighted by molar-refractivity contribution is 0.421. The van der Waals surface area contributed by atoms with E-state index in [0.29, 0.717) is 0 Å². The topological polar surface area (TPSA) is 26.0 Å². The van der Waals surface area contributed by atoms with Crippen LogP contribution in [0.25, 0.3) is 0 Å². The lowest BCUT2D eigenvalue weighted by Gasteiger charge is -2.33. The van der Waals surface area contributed by atoms with Gasteiger partial charge in [-0.3, -0.25) is 0 Å². The monoisotopic (exact) mass is 287 g/mol. The molecule has 0 aliphatic rings. The first-order chi connectivity index (χ1) is 9.34. The van der Waals surface area contributed by atoms with Gasteiger partial charge in [-0.2, -0.15) is 0 Å². The number of nitrogens with two attached hydrogens (primary N) is 1. The van der Waals surface area contributed by atoms with Gasteiger partial charge in [-0.25, -0.2) is 0 Å². The van der Waals surface area contributed by atoms with E-state index in [0.717, 1.165) is 10.6 Å².